The molecule has 0 saturated heterocycles. The zero-order valence-corrected chi connectivity index (χ0v) is 19.3. The van der Waals surface area contributed by atoms with Crippen molar-refractivity contribution >= 4 is 0 Å². The van der Waals surface area contributed by atoms with Gasteiger partial charge in [0.25, 0.3) is 0 Å². The molecule has 4 rings (SSSR count). The second-order valence-corrected chi connectivity index (χ2v) is 8.12. The van der Waals surface area contributed by atoms with Crippen molar-refractivity contribution in [1.82, 2.24) is 13.7 Å². The summed E-state index contributed by atoms with van der Waals surface area (Å²) in [6, 6.07) is 19.6. The van der Waals surface area contributed by atoms with E-state index in [2.05, 4.69) is 0 Å². The SMILES string of the molecule is COc1cccc(-n2c(=O)n(Cc3ccccc3C)c(=O)n(C[C@H](N)c3ccccc3)c2=O)c1F. The van der Waals surface area contributed by atoms with E-state index in [1.54, 1.807) is 36.4 Å². The van der Waals surface area contributed by atoms with Crippen LogP contribution >= 0.6 is 0 Å². The Balaban J connectivity index is 1.97. The lowest BCUT2D eigenvalue weighted by atomic mass is 10.1. The maximum absolute atomic E-state index is 15.2. The predicted octanol–water partition coefficient (Wildman–Crippen LogP) is 2.37. The van der Waals surface area contributed by atoms with Crippen LogP contribution in [0.2, 0.25) is 0 Å². The van der Waals surface area contributed by atoms with Crippen LogP contribution in [0.1, 0.15) is 22.7 Å². The summed E-state index contributed by atoms with van der Waals surface area (Å²) in [5.74, 6) is -1.04. The van der Waals surface area contributed by atoms with Crippen LogP contribution in [0.5, 0.6) is 5.75 Å². The highest BCUT2D eigenvalue weighted by Gasteiger charge is 2.22. The predicted molar refractivity (Wildman–Crippen MR) is 131 cm³/mol. The molecule has 3 aromatic carbocycles. The number of nitrogens with zero attached hydrogens (tertiary/aromatic N) is 3. The number of hydrogen-bond acceptors (Lipinski definition) is 5. The molecule has 0 amide bonds. The summed E-state index contributed by atoms with van der Waals surface area (Å²) >= 11 is 0. The van der Waals surface area contributed by atoms with Crippen LogP contribution in [0.3, 0.4) is 0 Å². The lowest BCUT2D eigenvalue weighted by molar-refractivity contribution is 0.384. The highest BCUT2D eigenvalue weighted by molar-refractivity contribution is 5.41. The van der Waals surface area contributed by atoms with Crippen LogP contribution in [0.25, 0.3) is 5.69 Å². The number of methoxy groups -OCH3 is 1. The summed E-state index contributed by atoms with van der Waals surface area (Å²) in [6.07, 6.45) is 0. The topological polar surface area (TPSA) is 101 Å². The molecular formula is C26H25FN4O4. The highest BCUT2D eigenvalue weighted by atomic mass is 19.1. The Morgan fingerprint density at radius 2 is 1.51 bits per heavy atom. The van der Waals surface area contributed by atoms with Crippen molar-refractivity contribution in [2.75, 3.05) is 7.11 Å². The van der Waals surface area contributed by atoms with E-state index in [-0.39, 0.29) is 24.5 Å². The molecule has 4 aromatic rings. The third kappa shape index (κ3) is 4.58. The summed E-state index contributed by atoms with van der Waals surface area (Å²) in [5.41, 5.74) is 5.49. The Hall–Kier alpha value is -4.24. The monoisotopic (exact) mass is 476 g/mol. The summed E-state index contributed by atoms with van der Waals surface area (Å²) in [5, 5.41) is 0. The van der Waals surface area contributed by atoms with E-state index in [0.29, 0.717) is 15.7 Å². The van der Waals surface area contributed by atoms with Gasteiger partial charge < -0.3 is 10.5 Å². The van der Waals surface area contributed by atoms with E-state index >= 15 is 4.39 Å². The Kier molecular flexibility index (Phi) is 6.79. The first kappa shape index (κ1) is 23.9. The van der Waals surface area contributed by atoms with E-state index in [0.717, 1.165) is 14.7 Å². The van der Waals surface area contributed by atoms with Crippen molar-refractivity contribution in [3.05, 3.63) is 127 Å². The van der Waals surface area contributed by atoms with Crippen molar-refractivity contribution in [2.45, 2.75) is 26.1 Å². The number of ether oxygens (including phenoxy) is 1. The molecule has 0 fully saturated rings. The van der Waals surface area contributed by atoms with Gasteiger partial charge in [0.1, 0.15) is 0 Å². The molecule has 0 radical (unpaired) electrons. The van der Waals surface area contributed by atoms with Gasteiger partial charge in [-0.2, -0.15) is 0 Å². The van der Waals surface area contributed by atoms with Crippen LogP contribution in [-0.2, 0) is 13.1 Å². The average Bonchev–Trinajstić information content (AvgIpc) is 2.87. The van der Waals surface area contributed by atoms with Crippen LogP contribution in [0.15, 0.2) is 87.2 Å². The van der Waals surface area contributed by atoms with Crippen molar-refractivity contribution in [3.63, 3.8) is 0 Å². The summed E-state index contributed by atoms with van der Waals surface area (Å²) in [7, 11) is 1.28. The summed E-state index contributed by atoms with van der Waals surface area (Å²) in [4.78, 5) is 40.3. The quantitative estimate of drug-likeness (QED) is 0.441. The number of hydrogen-bond donors (Lipinski definition) is 1. The van der Waals surface area contributed by atoms with E-state index in [9.17, 15) is 14.4 Å². The van der Waals surface area contributed by atoms with Gasteiger partial charge >= 0.3 is 17.1 Å². The summed E-state index contributed by atoms with van der Waals surface area (Å²) < 4.78 is 22.6. The third-order valence-corrected chi connectivity index (χ3v) is 5.91. The van der Waals surface area contributed by atoms with Crippen molar-refractivity contribution in [1.29, 1.82) is 0 Å². The second-order valence-electron chi connectivity index (χ2n) is 8.12. The minimum atomic E-state index is -0.987. The van der Waals surface area contributed by atoms with Crippen LogP contribution in [0.4, 0.5) is 4.39 Å². The average molecular weight is 477 g/mol. The minimum Gasteiger partial charge on any atom is -0.494 e. The Morgan fingerprint density at radius 3 is 2.20 bits per heavy atom. The first-order chi connectivity index (χ1) is 16.8. The maximum atomic E-state index is 15.2. The molecule has 9 heteroatoms. The molecule has 8 nitrogen and oxygen atoms in total. The molecule has 180 valence electrons. The fraction of sp³-hybridized carbons (Fsp3) is 0.192. The Bertz CT molecular complexity index is 1540. The number of aryl methyl sites for hydroxylation is 1. The second kappa shape index (κ2) is 9.94. The fourth-order valence-corrected chi connectivity index (χ4v) is 3.92. The third-order valence-electron chi connectivity index (χ3n) is 5.91. The standard InChI is InChI=1S/C26H25FN4O4/c1-17-9-6-7-12-19(17)15-29-24(32)30(16-20(28)18-10-4-3-5-11-18)26(34)31(25(29)33)21-13-8-14-22(35-2)23(21)27/h3-14,20H,15-16,28H2,1-2H3/t20-/m0/s1. The highest BCUT2D eigenvalue weighted by Crippen LogP contribution is 2.21. The first-order valence-electron chi connectivity index (χ1n) is 11.0. The van der Waals surface area contributed by atoms with Crippen molar-refractivity contribution in [2.24, 2.45) is 5.73 Å². The molecule has 0 unspecified atom stereocenters. The molecule has 35 heavy (non-hydrogen) atoms. The molecule has 0 aliphatic rings. The zero-order valence-electron chi connectivity index (χ0n) is 19.3. The van der Waals surface area contributed by atoms with Crippen LogP contribution < -0.4 is 27.5 Å². The van der Waals surface area contributed by atoms with Gasteiger partial charge in [-0.05, 0) is 35.7 Å². The van der Waals surface area contributed by atoms with Gasteiger partial charge in [-0.3, -0.25) is 0 Å². The van der Waals surface area contributed by atoms with Gasteiger partial charge in [-0.1, -0.05) is 60.7 Å². The number of benzene rings is 3. The Labute approximate surface area is 200 Å². The number of halogens is 1. The summed E-state index contributed by atoms with van der Waals surface area (Å²) in [6.45, 7) is 1.54. The smallest absolute Gasteiger partial charge is 0.341 e. The van der Waals surface area contributed by atoms with E-state index in [1.165, 1.54) is 25.3 Å². The molecule has 0 spiro atoms. The number of nitrogens with two attached hydrogens (primary N) is 1. The van der Waals surface area contributed by atoms with Gasteiger partial charge in [0.2, 0.25) is 0 Å². The van der Waals surface area contributed by atoms with E-state index in [1.807, 2.05) is 25.1 Å². The minimum absolute atomic E-state index is 0.100. The Morgan fingerprint density at radius 1 is 0.857 bits per heavy atom. The van der Waals surface area contributed by atoms with Crippen molar-refractivity contribution in [3.8, 4) is 11.4 Å². The van der Waals surface area contributed by atoms with E-state index < -0.39 is 28.9 Å². The maximum Gasteiger partial charge on any atom is 0.341 e. The zero-order chi connectivity index (χ0) is 25.1. The van der Waals surface area contributed by atoms with Gasteiger partial charge in [0, 0.05) is 6.04 Å². The lowest BCUT2D eigenvalue weighted by Crippen LogP contribution is -2.55. The molecular weight excluding hydrogens is 451 g/mol. The first-order valence-corrected chi connectivity index (χ1v) is 11.0. The molecule has 1 heterocycles. The largest absolute Gasteiger partial charge is 0.494 e. The van der Waals surface area contributed by atoms with Gasteiger partial charge in [0.05, 0.1) is 25.9 Å². The van der Waals surface area contributed by atoms with Crippen LogP contribution in [-0.4, -0.2) is 20.8 Å². The van der Waals surface area contributed by atoms with Gasteiger partial charge in [0.15, 0.2) is 11.6 Å². The normalized spacial score (nSPS) is 11.9. The van der Waals surface area contributed by atoms with E-state index in [4.69, 9.17) is 10.5 Å². The molecule has 0 aliphatic heterocycles. The fourth-order valence-electron chi connectivity index (χ4n) is 3.92. The number of rotatable bonds is 7. The van der Waals surface area contributed by atoms with Gasteiger partial charge in [-0.25, -0.2) is 32.5 Å². The molecule has 1 aromatic heterocycles. The van der Waals surface area contributed by atoms with Crippen LogP contribution in [0, 0.1) is 12.7 Å². The molecule has 0 aliphatic carbocycles. The molecule has 0 bridgehead atoms. The van der Waals surface area contributed by atoms with Gasteiger partial charge in [-0.15, -0.1) is 0 Å². The van der Waals surface area contributed by atoms with Crippen molar-refractivity contribution < 1.29 is 9.13 Å². The molecule has 0 saturated carbocycles. The molecule has 1 atom stereocenters. The number of aromatic nitrogens is 3. The molecule has 2 N–H and O–H groups in total. The lowest BCUT2D eigenvalue weighted by Gasteiger charge is -2.18.